The molecule has 1 aliphatic rings. The highest BCUT2D eigenvalue weighted by Crippen LogP contribution is 2.50. The zero-order chi connectivity index (χ0) is 16.8. The van der Waals surface area contributed by atoms with Crippen molar-refractivity contribution in [3.05, 3.63) is 89.5 Å². The molecule has 116 valence electrons. The molecule has 1 aliphatic carbocycles. The third-order valence-corrected chi connectivity index (χ3v) is 4.86. The first-order valence-corrected chi connectivity index (χ1v) is 7.62. The van der Waals surface area contributed by atoms with E-state index in [1.165, 1.54) is 0 Å². The number of anilines is 1. The molecule has 2 aromatic carbocycles. The van der Waals surface area contributed by atoms with Crippen molar-refractivity contribution in [3.8, 4) is 0 Å². The van der Waals surface area contributed by atoms with Crippen LogP contribution >= 0.6 is 0 Å². The monoisotopic (exact) mass is 303 g/mol. The van der Waals surface area contributed by atoms with E-state index < -0.39 is 5.60 Å². The van der Waals surface area contributed by atoms with Crippen LogP contribution < -0.4 is 5.73 Å². The van der Waals surface area contributed by atoms with Gasteiger partial charge in [0.05, 0.1) is 0 Å². The summed E-state index contributed by atoms with van der Waals surface area (Å²) in [5.41, 5.74) is 11.4. The summed E-state index contributed by atoms with van der Waals surface area (Å²) in [7, 11) is 0. The third-order valence-electron chi connectivity index (χ3n) is 4.86. The number of hydrogen-bond donors (Lipinski definition) is 2. The van der Waals surface area contributed by atoms with Crippen molar-refractivity contribution in [2.24, 2.45) is 0 Å². The molecule has 0 aliphatic heterocycles. The molecule has 0 fully saturated rings. The molecule has 0 saturated heterocycles. The maximum absolute atomic E-state index is 11.5. The average molecular weight is 303 g/mol. The van der Waals surface area contributed by atoms with Crippen LogP contribution in [-0.4, -0.2) is 5.11 Å². The largest absolute Gasteiger partial charge is 0.399 e. The topological polar surface area (TPSA) is 46.2 Å². The molecule has 3 rings (SSSR count). The van der Waals surface area contributed by atoms with Gasteiger partial charge in [0, 0.05) is 5.69 Å². The van der Waals surface area contributed by atoms with Gasteiger partial charge in [-0.05, 0) is 65.0 Å². The van der Waals surface area contributed by atoms with E-state index in [9.17, 15) is 5.11 Å². The van der Waals surface area contributed by atoms with Crippen molar-refractivity contribution in [1.82, 2.24) is 0 Å². The number of nitrogen functional groups attached to an aromatic ring is 1. The highest BCUT2D eigenvalue weighted by atomic mass is 16.3. The normalized spacial score (nSPS) is 19.6. The second kappa shape index (κ2) is 5.25. The molecule has 2 aromatic rings. The lowest BCUT2D eigenvalue weighted by Gasteiger charge is -2.30. The number of benzene rings is 2. The smallest absolute Gasteiger partial charge is 0.137 e. The minimum atomic E-state index is -1.22. The lowest BCUT2D eigenvalue weighted by atomic mass is 9.79. The Kier molecular flexibility index (Phi) is 3.50. The van der Waals surface area contributed by atoms with Crippen LogP contribution in [0, 0.1) is 0 Å². The first kappa shape index (κ1) is 15.3. The average Bonchev–Trinajstić information content (AvgIpc) is 2.76. The van der Waals surface area contributed by atoms with Gasteiger partial charge in [0.25, 0.3) is 0 Å². The quantitative estimate of drug-likeness (QED) is 0.646. The molecule has 23 heavy (non-hydrogen) atoms. The Labute approximate surface area is 137 Å². The van der Waals surface area contributed by atoms with Crippen molar-refractivity contribution < 1.29 is 5.11 Å². The molecule has 0 bridgehead atoms. The molecular formula is C21H21NO. The predicted octanol–water partition coefficient (Wildman–Crippen LogP) is 4.53. The van der Waals surface area contributed by atoms with Gasteiger partial charge < -0.3 is 10.8 Å². The summed E-state index contributed by atoms with van der Waals surface area (Å²) >= 11 is 0. The molecule has 1 unspecified atom stereocenters. The van der Waals surface area contributed by atoms with Gasteiger partial charge in [-0.3, -0.25) is 0 Å². The lowest BCUT2D eigenvalue weighted by molar-refractivity contribution is 0.126. The Bertz CT molecular complexity index is 860. The molecule has 2 nitrogen and oxygen atoms in total. The summed E-state index contributed by atoms with van der Waals surface area (Å²) in [4.78, 5) is 0. The number of allylic oxidation sites excluding steroid dienone is 1. The van der Waals surface area contributed by atoms with Crippen molar-refractivity contribution in [3.63, 3.8) is 0 Å². The third kappa shape index (κ3) is 2.14. The van der Waals surface area contributed by atoms with E-state index in [0.29, 0.717) is 16.8 Å². The Hall–Kier alpha value is -2.58. The van der Waals surface area contributed by atoms with Gasteiger partial charge in [0.1, 0.15) is 5.60 Å². The molecular weight excluding hydrogens is 282 g/mol. The van der Waals surface area contributed by atoms with Gasteiger partial charge in [-0.15, -0.1) is 0 Å². The first-order chi connectivity index (χ1) is 10.9. The van der Waals surface area contributed by atoms with Crippen molar-refractivity contribution in [2.45, 2.75) is 19.4 Å². The standard InChI is InChI=1S/C21H21NO/c1-13(17-8-7-9-18(22)12-17)15(3)21(23)16(4)14(2)19-10-5-6-11-20(19)21/h5-12,23H,1,3,22H2,2,4H3. The molecule has 0 heterocycles. The van der Waals surface area contributed by atoms with Crippen LogP contribution in [0.4, 0.5) is 5.69 Å². The highest BCUT2D eigenvalue weighted by molar-refractivity contribution is 5.87. The van der Waals surface area contributed by atoms with Gasteiger partial charge in [-0.25, -0.2) is 0 Å². The maximum Gasteiger partial charge on any atom is 0.137 e. The molecule has 0 radical (unpaired) electrons. The van der Waals surface area contributed by atoms with Crippen LogP contribution in [0.25, 0.3) is 11.1 Å². The maximum atomic E-state index is 11.5. The summed E-state index contributed by atoms with van der Waals surface area (Å²) in [6, 6.07) is 15.4. The fraction of sp³-hybridized carbons (Fsp3) is 0.143. The fourth-order valence-electron chi connectivity index (χ4n) is 3.31. The zero-order valence-corrected chi connectivity index (χ0v) is 13.6. The predicted molar refractivity (Wildman–Crippen MR) is 97.6 cm³/mol. The Morgan fingerprint density at radius 3 is 2.43 bits per heavy atom. The number of aliphatic hydroxyl groups is 1. The highest BCUT2D eigenvalue weighted by Gasteiger charge is 2.43. The number of nitrogens with two attached hydrogens (primary N) is 1. The van der Waals surface area contributed by atoms with Crippen molar-refractivity contribution in [2.75, 3.05) is 5.73 Å². The van der Waals surface area contributed by atoms with Crippen LogP contribution in [0.1, 0.15) is 30.5 Å². The van der Waals surface area contributed by atoms with E-state index in [1.54, 1.807) is 0 Å². The summed E-state index contributed by atoms with van der Waals surface area (Å²) < 4.78 is 0. The zero-order valence-electron chi connectivity index (χ0n) is 13.6. The molecule has 0 spiro atoms. The molecule has 3 N–H and O–H groups in total. The summed E-state index contributed by atoms with van der Waals surface area (Å²) in [6.45, 7) is 12.3. The van der Waals surface area contributed by atoms with E-state index in [-0.39, 0.29) is 0 Å². The van der Waals surface area contributed by atoms with Crippen molar-refractivity contribution >= 4 is 16.8 Å². The lowest BCUT2D eigenvalue weighted by Crippen LogP contribution is -2.27. The number of rotatable bonds is 3. The number of hydrogen-bond acceptors (Lipinski definition) is 2. The second-order valence-corrected chi connectivity index (χ2v) is 6.09. The van der Waals surface area contributed by atoms with Crippen LogP contribution in [0.15, 0.2) is 72.8 Å². The van der Waals surface area contributed by atoms with Gasteiger partial charge in [-0.2, -0.15) is 0 Å². The summed E-state index contributed by atoms with van der Waals surface area (Å²) in [6.07, 6.45) is 0. The summed E-state index contributed by atoms with van der Waals surface area (Å²) in [5, 5.41) is 11.5. The SMILES string of the molecule is C=C(C(=C)C1(O)C(C)=C(C)c2ccccc21)c1cccc(N)c1. The minimum Gasteiger partial charge on any atom is -0.399 e. The van der Waals surface area contributed by atoms with Crippen LogP contribution in [-0.2, 0) is 5.60 Å². The second-order valence-electron chi connectivity index (χ2n) is 6.09. The molecule has 0 aromatic heterocycles. The molecule has 2 heteroatoms. The molecule has 1 atom stereocenters. The van der Waals surface area contributed by atoms with Gasteiger partial charge in [-0.1, -0.05) is 49.6 Å². The Morgan fingerprint density at radius 2 is 1.74 bits per heavy atom. The Balaban J connectivity index is 2.10. The molecule has 0 saturated carbocycles. The van der Waals surface area contributed by atoms with Gasteiger partial charge >= 0.3 is 0 Å². The minimum absolute atomic E-state index is 0.588. The number of fused-ring (bicyclic) bond motifs is 1. The van der Waals surface area contributed by atoms with Crippen molar-refractivity contribution in [1.29, 1.82) is 0 Å². The first-order valence-electron chi connectivity index (χ1n) is 7.62. The van der Waals surface area contributed by atoms with E-state index in [1.807, 2.05) is 62.4 Å². The van der Waals surface area contributed by atoms with E-state index in [0.717, 1.165) is 27.8 Å². The van der Waals surface area contributed by atoms with Crippen LogP contribution in [0.5, 0.6) is 0 Å². The fourth-order valence-corrected chi connectivity index (χ4v) is 3.31. The van der Waals surface area contributed by atoms with Gasteiger partial charge in [0.15, 0.2) is 0 Å². The van der Waals surface area contributed by atoms with E-state index >= 15 is 0 Å². The molecule has 0 amide bonds. The Morgan fingerprint density at radius 1 is 1.04 bits per heavy atom. The summed E-state index contributed by atoms with van der Waals surface area (Å²) in [5.74, 6) is 0. The van der Waals surface area contributed by atoms with E-state index in [2.05, 4.69) is 13.2 Å². The van der Waals surface area contributed by atoms with Crippen LogP contribution in [0.3, 0.4) is 0 Å². The van der Waals surface area contributed by atoms with Gasteiger partial charge in [0.2, 0.25) is 0 Å². The van der Waals surface area contributed by atoms with E-state index in [4.69, 9.17) is 5.73 Å². The van der Waals surface area contributed by atoms with Crippen LogP contribution in [0.2, 0.25) is 0 Å².